The lowest BCUT2D eigenvalue weighted by Crippen LogP contribution is -2.07. The molecule has 2 aromatic rings. The van der Waals surface area contributed by atoms with Crippen molar-refractivity contribution in [1.82, 2.24) is 4.98 Å². The Morgan fingerprint density at radius 1 is 1.22 bits per heavy atom. The second kappa shape index (κ2) is 5.59. The van der Waals surface area contributed by atoms with Crippen LogP contribution in [-0.2, 0) is 0 Å². The summed E-state index contributed by atoms with van der Waals surface area (Å²) in [6, 6.07) is 9.86. The number of rotatable bonds is 3. The van der Waals surface area contributed by atoms with Gasteiger partial charge in [0, 0.05) is 17.3 Å². The zero-order chi connectivity index (χ0) is 13.1. The Balaban J connectivity index is 2.21. The van der Waals surface area contributed by atoms with Gasteiger partial charge in [0.2, 0.25) is 0 Å². The molecule has 1 aromatic carbocycles. The molecule has 94 valence electrons. The largest absolute Gasteiger partial charge is 0.376 e. The second-order valence-corrected chi connectivity index (χ2v) is 5.07. The molecule has 1 unspecified atom stereocenters. The van der Waals surface area contributed by atoms with Crippen LogP contribution in [0.25, 0.3) is 0 Å². The average Bonchev–Trinajstić information content (AvgIpc) is 2.34. The van der Waals surface area contributed by atoms with E-state index in [9.17, 15) is 0 Å². The monoisotopic (exact) mass is 280 g/mol. The van der Waals surface area contributed by atoms with Gasteiger partial charge in [0.1, 0.15) is 0 Å². The van der Waals surface area contributed by atoms with E-state index in [0.717, 1.165) is 21.8 Å². The Bertz CT molecular complexity index is 555. The molecule has 0 saturated carbocycles. The normalized spacial score (nSPS) is 12.2. The smallest absolute Gasteiger partial charge is 0.152 e. The van der Waals surface area contributed by atoms with Crippen LogP contribution >= 0.6 is 23.2 Å². The highest BCUT2D eigenvalue weighted by molar-refractivity contribution is 6.32. The van der Waals surface area contributed by atoms with E-state index in [1.165, 1.54) is 0 Å². The van der Waals surface area contributed by atoms with E-state index in [1.807, 2.05) is 37.3 Å². The minimum Gasteiger partial charge on any atom is -0.376 e. The van der Waals surface area contributed by atoms with E-state index in [-0.39, 0.29) is 6.04 Å². The summed E-state index contributed by atoms with van der Waals surface area (Å²) < 4.78 is 0. The van der Waals surface area contributed by atoms with Crippen molar-refractivity contribution in [2.45, 2.75) is 19.9 Å². The first kappa shape index (κ1) is 13.2. The Hall–Kier alpha value is -1.25. The molecule has 0 aliphatic rings. The fourth-order valence-corrected chi connectivity index (χ4v) is 2.10. The van der Waals surface area contributed by atoms with Crippen LogP contribution in [0.5, 0.6) is 0 Å². The molecule has 4 heteroatoms. The first-order valence-corrected chi connectivity index (χ1v) is 6.46. The number of anilines is 1. The second-order valence-electron chi connectivity index (χ2n) is 4.27. The summed E-state index contributed by atoms with van der Waals surface area (Å²) in [5.74, 6) is 0. The Labute approximate surface area is 117 Å². The van der Waals surface area contributed by atoms with Crippen molar-refractivity contribution in [3.63, 3.8) is 0 Å². The molecule has 2 nitrogen and oxygen atoms in total. The lowest BCUT2D eigenvalue weighted by Gasteiger charge is -2.17. The molecule has 0 amide bonds. The van der Waals surface area contributed by atoms with Crippen molar-refractivity contribution in [3.05, 3.63) is 57.8 Å². The molecule has 1 aromatic heterocycles. The number of aryl methyl sites for hydroxylation is 1. The summed E-state index contributed by atoms with van der Waals surface area (Å²) >= 11 is 12.0. The van der Waals surface area contributed by atoms with Gasteiger partial charge >= 0.3 is 0 Å². The van der Waals surface area contributed by atoms with E-state index < -0.39 is 0 Å². The summed E-state index contributed by atoms with van der Waals surface area (Å²) in [5.41, 5.74) is 3.02. The van der Waals surface area contributed by atoms with Gasteiger partial charge in [-0.15, -0.1) is 0 Å². The van der Waals surface area contributed by atoms with Crippen LogP contribution in [0.1, 0.15) is 24.1 Å². The summed E-state index contributed by atoms with van der Waals surface area (Å²) in [5, 5.41) is 4.55. The highest BCUT2D eigenvalue weighted by atomic mass is 35.5. The molecule has 0 fully saturated rings. The molecular formula is C14H14Cl2N2. The number of hydrogen-bond donors (Lipinski definition) is 1. The first-order valence-electron chi connectivity index (χ1n) is 5.70. The molecule has 1 heterocycles. The van der Waals surface area contributed by atoms with Crippen LogP contribution in [0.4, 0.5) is 5.69 Å². The van der Waals surface area contributed by atoms with Crippen molar-refractivity contribution in [3.8, 4) is 0 Å². The summed E-state index contributed by atoms with van der Waals surface area (Å²) in [7, 11) is 0. The fraction of sp³-hybridized carbons (Fsp3) is 0.214. The van der Waals surface area contributed by atoms with Crippen LogP contribution in [0.3, 0.4) is 0 Å². The van der Waals surface area contributed by atoms with E-state index in [0.29, 0.717) is 5.15 Å². The van der Waals surface area contributed by atoms with Gasteiger partial charge in [-0.1, -0.05) is 35.3 Å². The summed E-state index contributed by atoms with van der Waals surface area (Å²) in [6.07, 6.45) is 1.75. The minimum atomic E-state index is 0.116. The molecule has 0 saturated heterocycles. The molecule has 0 bridgehead atoms. The van der Waals surface area contributed by atoms with Gasteiger partial charge in [-0.2, -0.15) is 0 Å². The number of benzene rings is 1. The predicted octanol–water partition coefficient (Wildman–Crippen LogP) is 4.87. The number of pyridine rings is 1. The van der Waals surface area contributed by atoms with Crippen LogP contribution in [-0.4, -0.2) is 4.98 Å². The first-order chi connectivity index (χ1) is 8.56. The summed E-state index contributed by atoms with van der Waals surface area (Å²) in [4.78, 5) is 4.12. The highest BCUT2D eigenvalue weighted by Crippen LogP contribution is 2.26. The van der Waals surface area contributed by atoms with Crippen LogP contribution < -0.4 is 5.32 Å². The van der Waals surface area contributed by atoms with Crippen molar-refractivity contribution in [2.75, 3.05) is 5.32 Å². The number of nitrogens with zero attached hydrogens (tertiary/aromatic N) is 1. The number of aromatic nitrogens is 1. The number of nitrogens with one attached hydrogen (secondary N) is 1. The van der Waals surface area contributed by atoms with E-state index >= 15 is 0 Å². The van der Waals surface area contributed by atoms with Crippen molar-refractivity contribution in [2.24, 2.45) is 0 Å². The van der Waals surface area contributed by atoms with E-state index in [4.69, 9.17) is 23.2 Å². The predicted molar refractivity (Wildman–Crippen MR) is 77.5 cm³/mol. The topological polar surface area (TPSA) is 24.9 Å². The molecule has 1 N–H and O–H groups in total. The fourth-order valence-electron chi connectivity index (χ4n) is 1.75. The maximum Gasteiger partial charge on any atom is 0.152 e. The van der Waals surface area contributed by atoms with E-state index in [2.05, 4.69) is 17.2 Å². The van der Waals surface area contributed by atoms with Gasteiger partial charge in [0.15, 0.2) is 5.15 Å². The molecule has 1 atom stereocenters. The van der Waals surface area contributed by atoms with Gasteiger partial charge in [0.25, 0.3) is 0 Å². The zero-order valence-electron chi connectivity index (χ0n) is 10.2. The molecular weight excluding hydrogens is 267 g/mol. The third-order valence-electron chi connectivity index (χ3n) is 2.70. The average molecular weight is 281 g/mol. The SMILES string of the molecule is Cc1cnc(Cl)c(NC(C)c2cccc(Cl)c2)c1. The minimum absolute atomic E-state index is 0.116. The van der Waals surface area contributed by atoms with Crippen molar-refractivity contribution < 1.29 is 0 Å². The molecule has 2 rings (SSSR count). The molecule has 18 heavy (non-hydrogen) atoms. The van der Waals surface area contributed by atoms with Crippen LogP contribution in [0.2, 0.25) is 10.2 Å². The molecule has 0 aliphatic heterocycles. The summed E-state index contributed by atoms with van der Waals surface area (Å²) in [6.45, 7) is 4.04. The molecule has 0 aliphatic carbocycles. The quantitative estimate of drug-likeness (QED) is 0.812. The van der Waals surface area contributed by atoms with Gasteiger partial charge in [-0.25, -0.2) is 4.98 Å². The van der Waals surface area contributed by atoms with Gasteiger partial charge in [0.05, 0.1) is 5.69 Å². The van der Waals surface area contributed by atoms with Gasteiger partial charge < -0.3 is 5.32 Å². The van der Waals surface area contributed by atoms with E-state index in [1.54, 1.807) is 6.20 Å². The highest BCUT2D eigenvalue weighted by Gasteiger charge is 2.09. The van der Waals surface area contributed by atoms with Gasteiger partial charge in [-0.3, -0.25) is 0 Å². The maximum atomic E-state index is 6.06. The van der Waals surface area contributed by atoms with Crippen molar-refractivity contribution in [1.29, 1.82) is 0 Å². The third kappa shape index (κ3) is 3.15. The maximum absolute atomic E-state index is 6.06. The van der Waals surface area contributed by atoms with Crippen LogP contribution in [0.15, 0.2) is 36.5 Å². The number of halogens is 2. The lowest BCUT2D eigenvalue weighted by molar-refractivity contribution is 0.882. The molecule has 0 radical (unpaired) electrons. The molecule has 0 spiro atoms. The van der Waals surface area contributed by atoms with Crippen molar-refractivity contribution >= 4 is 28.9 Å². The lowest BCUT2D eigenvalue weighted by atomic mass is 10.1. The third-order valence-corrected chi connectivity index (χ3v) is 3.23. The van der Waals surface area contributed by atoms with Crippen LogP contribution in [0, 0.1) is 6.92 Å². The number of hydrogen-bond acceptors (Lipinski definition) is 2. The Morgan fingerprint density at radius 3 is 2.72 bits per heavy atom. The Kier molecular flexibility index (Phi) is 4.10. The Morgan fingerprint density at radius 2 is 2.00 bits per heavy atom. The standard InChI is InChI=1S/C14H14Cl2N2/c1-9-6-13(14(16)17-8-9)18-10(2)11-4-3-5-12(15)7-11/h3-8,10,18H,1-2H3. The van der Waals surface area contributed by atoms with Gasteiger partial charge in [-0.05, 0) is 43.2 Å². The zero-order valence-corrected chi connectivity index (χ0v) is 11.8.